The Labute approximate surface area is 227 Å². The Morgan fingerprint density at radius 2 is 1.82 bits per heavy atom. The number of hydrogen-bond donors (Lipinski definition) is 1. The van der Waals surface area contributed by atoms with Crippen molar-refractivity contribution in [3.8, 4) is 5.75 Å². The molecule has 1 aliphatic heterocycles. The number of halogens is 6. The van der Waals surface area contributed by atoms with Gasteiger partial charge in [0.2, 0.25) is 5.84 Å². The molecule has 2 aromatic rings. The summed E-state index contributed by atoms with van der Waals surface area (Å²) in [5.74, 6) is -3.55. The van der Waals surface area contributed by atoms with Crippen LogP contribution in [-0.4, -0.2) is 51.9 Å². The predicted octanol–water partition coefficient (Wildman–Crippen LogP) is 5.94. The fourth-order valence-corrected chi connectivity index (χ4v) is 6.20. The van der Waals surface area contributed by atoms with Gasteiger partial charge in [-0.15, -0.1) is 13.2 Å². The lowest BCUT2D eigenvalue weighted by molar-refractivity contribution is -0.275. The van der Waals surface area contributed by atoms with E-state index in [2.05, 4.69) is 9.73 Å². The number of hydrogen-bond acceptors (Lipinski definition) is 6. The lowest BCUT2D eigenvalue weighted by Gasteiger charge is -2.45. The number of nitrogens with zero attached hydrogens (tertiary/aromatic N) is 1. The topological polar surface area (TPSA) is 100 Å². The van der Waals surface area contributed by atoms with Gasteiger partial charge in [-0.1, -0.05) is 36.8 Å². The van der Waals surface area contributed by atoms with Crippen LogP contribution >= 0.6 is 0 Å². The second kappa shape index (κ2) is 11.2. The molecule has 2 N–H and O–H groups in total. The first-order valence-electron chi connectivity index (χ1n) is 12.4. The molecule has 0 bridgehead atoms. The van der Waals surface area contributed by atoms with Crippen LogP contribution in [0.3, 0.4) is 0 Å². The van der Waals surface area contributed by atoms with Gasteiger partial charge in [-0.2, -0.15) is 21.6 Å². The SMILES string of the molecule is CS(=O)(=O)OCC1CCC[C@@]2(C[C@@H](c3cc(N=C(N)C(F)(F)F)ccc3OC(F)(F)F)CO2)[C@@H]1c1ccccc1. The average Bonchev–Trinajstić information content (AvgIpc) is 3.26. The molecule has 1 heterocycles. The number of amidine groups is 1. The van der Waals surface area contributed by atoms with E-state index in [1.807, 2.05) is 30.3 Å². The number of benzene rings is 2. The van der Waals surface area contributed by atoms with Gasteiger partial charge >= 0.3 is 12.5 Å². The fraction of sp³-hybridized carbons (Fsp3) is 0.500. The molecule has 220 valence electrons. The molecule has 4 atom stereocenters. The van der Waals surface area contributed by atoms with Gasteiger partial charge in [-0.05, 0) is 48.9 Å². The summed E-state index contributed by atoms with van der Waals surface area (Å²) in [7, 11) is -3.73. The van der Waals surface area contributed by atoms with Gasteiger partial charge < -0.3 is 15.2 Å². The van der Waals surface area contributed by atoms with Crippen LogP contribution in [0.2, 0.25) is 0 Å². The van der Waals surface area contributed by atoms with Crippen molar-refractivity contribution in [2.45, 2.75) is 55.7 Å². The number of nitrogens with two attached hydrogens (primary N) is 1. The van der Waals surface area contributed by atoms with E-state index in [9.17, 15) is 34.8 Å². The first-order chi connectivity index (χ1) is 18.6. The lowest BCUT2D eigenvalue weighted by Crippen LogP contribution is -2.44. The van der Waals surface area contributed by atoms with Crippen molar-refractivity contribution in [2.24, 2.45) is 16.6 Å². The van der Waals surface area contributed by atoms with Crippen LogP contribution in [0, 0.1) is 5.92 Å². The summed E-state index contributed by atoms with van der Waals surface area (Å²) in [5.41, 5.74) is 4.68. The Hall–Kier alpha value is -2.84. The van der Waals surface area contributed by atoms with Crippen LogP contribution in [0.25, 0.3) is 0 Å². The van der Waals surface area contributed by atoms with Gasteiger partial charge in [0.15, 0.2) is 0 Å². The molecule has 1 spiro atoms. The molecule has 1 saturated heterocycles. The normalized spacial score (nSPS) is 26.3. The molecular weight excluding hydrogens is 566 g/mol. The standard InChI is InChI=1S/C26H28F6N2O5S/c1-40(35,36)38-15-17-8-5-11-24(22(17)16-6-3-2-4-7-16)13-18(14-37-24)20-12-19(34-23(33)25(27,28)29)9-10-21(20)39-26(30,31)32/h2-4,6-7,9-10,12,17-18,22H,5,8,11,13-15H2,1H3,(H2,33,34)/t17?,18-,22-,24-/m1/s1. The summed E-state index contributed by atoms with van der Waals surface area (Å²) >= 11 is 0. The van der Waals surface area contributed by atoms with Gasteiger partial charge in [0, 0.05) is 17.4 Å². The van der Waals surface area contributed by atoms with Crippen LogP contribution < -0.4 is 10.5 Å². The van der Waals surface area contributed by atoms with Crippen LogP contribution in [0.1, 0.15) is 48.6 Å². The van der Waals surface area contributed by atoms with Gasteiger partial charge in [0.25, 0.3) is 10.1 Å². The highest BCUT2D eigenvalue weighted by Crippen LogP contribution is 2.55. The second-order valence-electron chi connectivity index (χ2n) is 10.1. The third kappa shape index (κ3) is 7.26. The smallest absolute Gasteiger partial charge is 0.405 e. The Morgan fingerprint density at radius 1 is 1.12 bits per heavy atom. The van der Waals surface area contributed by atoms with E-state index >= 15 is 0 Å². The zero-order valence-electron chi connectivity index (χ0n) is 21.3. The first-order valence-corrected chi connectivity index (χ1v) is 14.2. The molecule has 7 nitrogen and oxygen atoms in total. The summed E-state index contributed by atoms with van der Waals surface area (Å²) in [4.78, 5) is 3.34. The van der Waals surface area contributed by atoms with Crippen LogP contribution in [0.15, 0.2) is 53.5 Å². The van der Waals surface area contributed by atoms with E-state index in [-0.39, 0.29) is 42.7 Å². The Morgan fingerprint density at radius 3 is 2.45 bits per heavy atom. The molecule has 2 aliphatic rings. The van der Waals surface area contributed by atoms with Gasteiger partial charge in [-0.3, -0.25) is 4.18 Å². The molecular formula is C26H28F6N2O5S. The average molecular weight is 595 g/mol. The molecule has 0 aromatic heterocycles. The predicted molar refractivity (Wildman–Crippen MR) is 134 cm³/mol. The third-order valence-corrected chi connectivity index (χ3v) is 7.79. The Kier molecular flexibility index (Phi) is 8.44. The first kappa shape index (κ1) is 30.1. The number of alkyl halides is 6. The zero-order chi connectivity index (χ0) is 29.3. The maximum absolute atomic E-state index is 13.2. The second-order valence-corrected chi connectivity index (χ2v) is 11.7. The van der Waals surface area contributed by atoms with E-state index < -0.39 is 45.8 Å². The van der Waals surface area contributed by atoms with Crippen molar-refractivity contribution in [3.63, 3.8) is 0 Å². The molecule has 1 saturated carbocycles. The van der Waals surface area contributed by atoms with Crippen molar-refractivity contribution in [2.75, 3.05) is 19.5 Å². The molecule has 2 fully saturated rings. The van der Waals surface area contributed by atoms with Crippen molar-refractivity contribution in [1.82, 2.24) is 0 Å². The third-order valence-electron chi connectivity index (χ3n) is 7.23. The quantitative estimate of drug-likeness (QED) is 0.184. The van der Waals surface area contributed by atoms with Crippen LogP contribution in [-0.2, 0) is 19.0 Å². The van der Waals surface area contributed by atoms with E-state index in [0.29, 0.717) is 19.3 Å². The van der Waals surface area contributed by atoms with Crippen molar-refractivity contribution in [1.29, 1.82) is 0 Å². The summed E-state index contributed by atoms with van der Waals surface area (Å²) in [6, 6.07) is 12.2. The van der Waals surface area contributed by atoms with Gasteiger partial charge in [0.05, 0.1) is 30.8 Å². The zero-order valence-corrected chi connectivity index (χ0v) is 22.2. The van der Waals surface area contributed by atoms with Gasteiger partial charge in [-0.25, -0.2) is 4.99 Å². The van der Waals surface area contributed by atoms with Crippen LogP contribution in [0.4, 0.5) is 32.0 Å². The maximum atomic E-state index is 13.2. The largest absolute Gasteiger partial charge is 0.573 e. The van der Waals surface area contributed by atoms with E-state index in [1.165, 1.54) is 0 Å². The number of ether oxygens (including phenoxy) is 2. The lowest BCUT2D eigenvalue weighted by atomic mass is 9.64. The fourth-order valence-electron chi connectivity index (χ4n) is 5.78. The molecule has 0 amide bonds. The maximum Gasteiger partial charge on any atom is 0.573 e. The van der Waals surface area contributed by atoms with E-state index in [0.717, 1.165) is 30.0 Å². The minimum Gasteiger partial charge on any atom is -0.405 e. The van der Waals surface area contributed by atoms with Gasteiger partial charge in [0.1, 0.15) is 5.75 Å². The van der Waals surface area contributed by atoms with Crippen molar-refractivity contribution >= 4 is 21.6 Å². The summed E-state index contributed by atoms with van der Waals surface area (Å²) < 4.78 is 118. The molecule has 2 aromatic carbocycles. The summed E-state index contributed by atoms with van der Waals surface area (Å²) in [6.45, 7) is -0.142. The monoisotopic (exact) mass is 594 g/mol. The minimum absolute atomic E-state index is 0.0215. The highest BCUT2D eigenvalue weighted by molar-refractivity contribution is 7.85. The molecule has 14 heteroatoms. The summed E-state index contributed by atoms with van der Waals surface area (Å²) in [6.07, 6.45) is -7.00. The highest BCUT2D eigenvalue weighted by Gasteiger charge is 2.52. The molecule has 1 aliphatic carbocycles. The molecule has 1 unspecified atom stereocenters. The van der Waals surface area contributed by atoms with E-state index in [4.69, 9.17) is 14.7 Å². The van der Waals surface area contributed by atoms with Crippen molar-refractivity contribution in [3.05, 3.63) is 59.7 Å². The molecule has 0 radical (unpaired) electrons. The Balaban J connectivity index is 1.72. The molecule has 4 rings (SSSR count). The summed E-state index contributed by atoms with van der Waals surface area (Å²) in [5, 5.41) is 0. The number of aliphatic imine (C=N–C) groups is 1. The van der Waals surface area contributed by atoms with E-state index in [1.54, 1.807) is 0 Å². The minimum atomic E-state index is -5.05. The number of rotatable bonds is 7. The molecule has 40 heavy (non-hydrogen) atoms. The Bertz CT molecular complexity index is 1330. The highest BCUT2D eigenvalue weighted by atomic mass is 32.2. The van der Waals surface area contributed by atoms with Crippen molar-refractivity contribution < 1.29 is 48.4 Å². The van der Waals surface area contributed by atoms with Crippen LogP contribution in [0.5, 0.6) is 5.75 Å².